The van der Waals surface area contributed by atoms with Gasteiger partial charge in [-0.05, 0) is 37.8 Å². The molecule has 0 aliphatic carbocycles. The van der Waals surface area contributed by atoms with Crippen molar-refractivity contribution in [2.45, 2.75) is 45.4 Å². The fourth-order valence-electron chi connectivity index (χ4n) is 2.69. The quantitative estimate of drug-likeness (QED) is 0.651. The molecule has 0 saturated heterocycles. The summed E-state index contributed by atoms with van der Waals surface area (Å²) in [5.74, 6) is -0.746. The molecule has 144 valence electrons. The molecule has 0 amide bonds. The van der Waals surface area contributed by atoms with Crippen LogP contribution >= 0.6 is 0 Å². The molecule has 2 atom stereocenters. The van der Waals surface area contributed by atoms with E-state index in [2.05, 4.69) is 5.32 Å². The van der Waals surface area contributed by atoms with E-state index in [4.69, 9.17) is 9.47 Å². The average molecular weight is 369 g/mol. The largest absolute Gasteiger partial charge is 0.465 e. The van der Waals surface area contributed by atoms with Crippen LogP contribution in [0, 0.1) is 0 Å². The molecule has 1 N–H and O–H groups in total. The summed E-state index contributed by atoms with van der Waals surface area (Å²) in [6, 6.07) is 18.2. The Kier molecular flexibility index (Phi) is 8.52. The molecule has 0 unspecified atom stereocenters. The minimum Gasteiger partial charge on any atom is -0.465 e. The van der Waals surface area contributed by atoms with Crippen LogP contribution in [-0.4, -0.2) is 30.6 Å². The second kappa shape index (κ2) is 11.1. The number of nitrogens with one attached hydrogen (secondary N) is 1. The lowest BCUT2D eigenvalue weighted by atomic mass is 10.0. The average Bonchev–Trinajstić information content (AvgIpc) is 2.70. The van der Waals surface area contributed by atoms with Crippen LogP contribution in [-0.2, 0) is 32.1 Å². The van der Waals surface area contributed by atoms with Crippen molar-refractivity contribution in [2.24, 2.45) is 0 Å². The van der Waals surface area contributed by atoms with Crippen LogP contribution in [0.1, 0.15) is 31.4 Å². The molecule has 0 saturated carbocycles. The second-order valence-electron chi connectivity index (χ2n) is 6.31. The van der Waals surface area contributed by atoms with Gasteiger partial charge in [0.25, 0.3) is 0 Å². The van der Waals surface area contributed by atoms with E-state index in [1.165, 1.54) is 0 Å². The Morgan fingerprint density at radius 2 is 1.48 bits per heavy atom. The fraction of sp³-hybridized carbons (Fsp3) is 0.364. The molecule has 0 heterocycles. The zero-order chi connectivity index (χ0) is 19.5. The van der Waals surface area contributed by atoms with E-state index in [9.17, 15) is 9.59 Å². The lowest BCUT2D eigenvalue weighted by molar-refractivity contribution is -0.149. The summed E-state index contributed by atoms with van der Waals surface area (Å²) in [7, 11) is 0. The highest BCUT2D eigenvalue weighted by molar-refractivity contribution is 5.79. The predicted molar refractivity (Wildman–Crippen MR) is 104 cm³/mol. The van der Waals surface area contributed by atoms with Crippen LogP contribution in [0.2, 0.25) is 0 Å². The number of ether oxygens (including phenoxy) is 2. The van der Waals surface area contributed by atoms with Gasteiger partial charge < -0.3 is 9.47 Å². The maximum Gasteiger partial charge on any atom is 0.323 e. The number of rotatable bonds is 10. The molecule has 0 aromatic heterocycles. The van der Waals surface area contributed by atoms with Crippen molar-refractivity contribution < 1.29 is 19.1 Å². The van der Waals surface area contributed by atoms with Crippen molar-refractivity contribution in [3.63, 3.8) is 0 Å². The van der Waals surface area contributed by atoms with Crippen molar-refractivity contribution in [1.29, 1.82) is 0 Å². The molecule has 0 bridgehead atoms. The van der Waals surface area contributed by atoms with Crippen LogP contribution in [0.3, 0.4) is 0 Å². The molecule has 5 heteroatoms. The minimum atomic E-state index is -0.612. The van der Waals surface area contributed by atoms with Gasteiger partial charge in [-0.2, -0.15) is 0 Å². The first-order valence-corrected chi connectivity index (χ1v) is 9.27. The number of benzene rings is 2. The highest BCUT2D eigenvalue weighted by atomic mass is 16.5. The lowest BCUT2D eigenvalue weighted by Gasteiger charge is -2.21. The highest BCUT2D eigenvalue weighted by Crippen LogP contribution is 2.08. The first-order valence-electron chi connectivity index (χ1n) is 9.27. The Labute approximate surface area is 160 Å². The van der Waals surface area contributed by atoms with E-state index in [1.54, 1.807) is 13.8 Å². The summed E-state index contributed by atoms with van der Waals surface area (Å²) in [4.78, 5) is 24.5. The van der Waals surface area contributed by atoms with Gasteiger partial charge in [-0.15, -0.1) is 0 Å². The highest BCUT2D eigenvalue weighted by Gasteiger charge is 2.25. The van der Waals surface area contributed by atoms with E-state index < -0.39 is 18.1 Å². The maximum atomic E-state index is 12.3. The zero-order valence-electron chi connectivity index (χ0n) is 15.9. The molecule has 27 heavy (non-hydrogen) atoms. The SMILES string of the molecule is CCOC(=O)[C@H](CCc1ccccc1)N[C@@H](C)C(=O)OCc1ccccc1. The van der Waals surface area contributed by atoms with Crippen LogP contribution in [0.15, 0.2) is 60.7 Å². The van der Waals surface area contributed by atoms with Crippen LogP contribution in [0.5, 0.6) is 0 Å². The van der Waals surface area contributed by atoms with Crippen molar-refractivity contribution in [1.82, 2.24) is 5.32 Å². The molecular weight excluding hydrogens is 342 g/mol. The van der Waals surface area contributed by atoms with Crippen LogP contribution in [0.4, 0.5) is 0 Å². The van der Waals surface area contributed by atoms with Gasteiger partial charge in [0.1, 0.15) is 18.7 Å². The standard InChI is InChI=1S/C22H27NO4/c1-3-26-22(25)20(15-14-18-10-6-4-7-11-18)23-17(2)21(24)27-16-19-12-8-5-9-13-19/h4-13,17,20,23H,3,14-16H2,1-2H3/t17-,20-/m0/s1. The summed E-state index contributed by atoms with van der Waals surface area (Å²) < 4.78 is 10.5. The summed E-state index contributed by atoms with van der Waals surface area (Å²) >= 11 is 0. The van der Waals surface area contributed by atoms with E-state index in [0.717, 1.165) is 11.1 Å². The number of carbonyl (C=O) groups is 2. The Bertz CT molecular complexity index is 703. The zero-order valence-corrected chi connectivity index (χ0v) is 15.9. The van der Waals surface area contributed by atoms with E-state index in [-0.39, 0.29) is 12.6 Å². The summed E-state index contributed by atoms with van der Waals surface area (Å²) in [5, 5.41) is 3.06. The molecule has 0 aliphatic heterocycles. The number of hydrogen-bond donors (Lipinski definition) is 1. The van der Waals surface area contributed by atoms with Gasteiger partial charge in [-0.1, -0.05) is 60.7 Å². The predicted octanol–water partition coefficient (Wildman–Crippen LogP) is 3.27. The summed E-state index contributed by atoms with van der Waals surface area (Å²) in [6.45, 7) is 3.97. The van der Waals surface area contributed by atoms with Gasteiger partial charge in [0.2, 0.25) is 0 Å². The van der Waals surface area contributed by atoms with E-state index in [1.807, 2.05) is 60.7 Å². The molecule has 0 spiro atoms. The molecule has 0 radical (unpaired) electrons. The van der Waals surface area contributed by atoms with E-state index in [0.29, 0.717) is 19.4 Å². The Hall–Kier alpha value is -2.66. The monoisotopic (exact) mass is 369 g/mol. The Morgan fingerprint density at radius 3 is 2.07 bits per heavy atom. The number of aryl methyl sites for hydroxylation is 1. The number of carbonyl (C=O) groups excluding carboxylic acids is 2. The number of esters is 2. The van der Waals surface area contributed by atoms with Crippen LogP contribution < -0.4 is 5.32 Å². The third kappa shape index (κ3) is 7.23. The number of hydrogen-bond acceptors (Lipinski definition) is 5. The molecule has 2 aromatic rings. The van der Waals surface area contributed by atoms with E-state index >= 15 is 0 Å². The molecule has 0 aliphatic rings. The van der Waals surface area contributed by atoms with Crippen LogP contribution in [0.25, 0.3) is 0 Å². The molecule has 2 aromatic carbocycles. The van der Waals surface area contributed by atoms with Crippen molar-refractivity contribution in [3.8, 4) is 0 Å². The van der Waals surface area contributed by atoms with Gasteiger partial charge >= 0.3 is 11.9 Å². The second-order valence-corrected chi connectivity index (χ2v) is 6.31. The van der Waals surface area contributed by atoms with Gasteiger partial charge in [0.15, 0.2) is 0 Å². The fourth-order valence-corrected chi connectivity index (χ4v) is 2.69. The smallest absolute Gasteiger partial charge is 0.323 e. The van der Waals surface area contributed by atoms with Gasteiger partial charge in [-0.25, -0.2) is 0 Å². The van der Waals surface area contributed by atoms with Gasteiger partial charge in [0, 0.05) is 0 Å². The molecule has 5 nitrogen and oxygen atoms in total. The molecule has 2 rings (SSSR count). The molecule has 0 fully saturated rings. The van der Waals surface area contributed by atoms with Crippen molar-refractivity contribution in [3.05, 3.63) is 71.8 Å². The lowest BCUT2D eigenvalue weighted by Crippen LogP contribution is -2.47. The topological polar surface area (TPSA) is 64.6 Å². The third-order valence-corrected chi connectivity index (χ3v) is 4.16. The maximum absolute atomic E-state index is 12.3. The summed E-state index contributed by atoms with van der Waals surface area (Å²) in [5.41, 5.74) is 2.05. The van der Waals surface area contributed by atoms with Crippen molar-refractivity contribution in [2.75, 3.05) is 6.61 Å². The third-order valence-electron chi connectivity index (χ3n) is 4.16. The minimum absolute atomic E-state index is 0.208. The normalized spacial score (nSPS) is 12.8. The Morgan fingerprint density at radius 1 is 0.889 bits per heavy atom. The molecular formula is C22H27NO4. The summed E-state index contributed by atoms with van der Waals surface area (Å²) in [6.07, 6.45) is 1.25. The van der Waals surface area contributed by atoms with Gasteiger partial charge in [-0.3, -0.25) is 14.9 Å². The first kappa shape index (κ1) is 20.6. The Balaban J connectivity index is 1.89. The first-order chi connectivity index (χ1) is 13.1. The van der Waals surface area contributed by atoms with Gasteiger partial charge in [0.05, 0.1) is 6.61 Å². The van der Waals surface area contributed by atoms with Crippen molar-refractivity contribution >= 4 is 11.9 Å².